The predicted molar refractivity (Wildman–Crippen MR) is 116 cm³/mol. The summed E-state index contributed by atoms with van der Waals surface area (Å²) in [6, 6.07) is 9.85. The van der Waals surface area contributed by atoms with E-state index in [0.717, 1.165) is 28.2 Å². The fourth-order valence-corrected chi connectivity index (χ4v) is 3.51. The fraction of sp³-hybridized carbons (Fsp3) is 0.300. The van der Waals surface area contributed by atoms with E-state index in [9.17, 15) is 14.3 Å². The number of hydrogen-bond acceptors (Lipinski definition) is 4. The van der Waals surface area contributed by atoms with Crippen LogP contribution in [0.15, 0.2) is 36.4 Å². The Hall–Kier alpha value is -2.19. The van der Waals surface area contributed by atoms with Gasteiger partial charge in [0.1, 0.15) is 11.6 Å². The first-order chi connectivity index (χ1) is 12.9. The number of aryl methyl sites for hydroxylation is 2. The zero-order chi connectivity index (χ0) is 19.1. The second-order valence-electron chi connectivity index (χ2n) is 7.00. The van der Waals surface area contributed by atoms with Gasteiger partial charge in [0, 0.05) is 30.9 Å². The molecule has 3 N–H and O–H groups in total. The summed E-state index contributed by atoms with van der Waals surface area (Å²) >= 11 is 0. The molecule has 1 aromatic heterocycles. The van der Waals surface area contributed by atoms with Gasteiger partial charge in [0.15, 0.2) is 0 Å². The van der Waals surface area contributed by atoms with Gasteiger partial charge in [-0.25, -0.2) is 9.37 Å². The molecule has 0 saturated carbocycles. The molecule has 0 spiro atoms. The summed E-state index contributed by atoms with van der Waals surface area (Å²) in [6.07, 6.45) is -0.0639. The highest BCUT2D eigenvalue weighted by molar-refractivity contribution is 5.96. The van der Waals surface area contributed by atoms with Crippen LogP contribution in [-0.4, -0.2) is 39.3 Å². The number of β-amino-alcohol motifs (C(OH)–C–C–N with tert-alkyl or cyclic N) is 1. The van der Waals surface area contributed by atoms with E-state index in [-0.39, 0.29) is 42.6 Å². The molecule has 4 rings (SSSR count). The topological polar surface area (TPSA) is 79.2 Å². The highest BCUT2D eigenvalue weighted by Gasteiger charge is 2.28. The number of rotatable bonds is 3. The standard InChI is InChI=1S/C20H21FN4O2.2ClH/c1-11-7-12(19-23-16-8-13(21)4-6-18(16)25(19)2)3-5-15(11)24-20(27)17-9-14(26)10-22-17;;/h3-8,14,17,22,26H,9-10H2,1-2H3,(H,24,27);2*1H. The zero-order valence-corrected chi connectivity index (χ0v) is 17.6. The van der Waals surface area contributed by atoms with Crippen molar-refractivity contribution in [2.24, 2.45) is 7.05 Å². The second kappa shape index (κ2) is 9.09. The number of fused-ring (bicyclic) bond motifs is 1. The van der Waals surface area contributed by atoms with E-state index in [1.54, 1.807) is 6.07 Å². The minimum Gasteiger partial charge on any atom is -0.392 e. The van der Waals surface area contributed by atoms with Crippen LogP contribution in [-0.2, 0) is 11.8 Å². The summed E-state index contributed by atoms with van der Waals surface area (Å²) < 4.78 is 15.4. The van der Waals surface area contributed by atoms with Crippen LogP contribution in [0.5, 0.6) is 0 Å². The molecule has 0 radical (unpaired) electrons. The van der Waals surface area contributed by atoms with Crippen molar-refractivity contribution < 1.29 is 14.3 Å². The number of halogens is 3. The van der Waals surface area contributed by atoms with Crippen molar-refractivity contribution in [1.82, 2.24) is 14.9 Å². The second-order valence-corrected chi connectivity index (χ2v) is 7.00. The Balaban J connectivity index is 0.00000150. The fourth-order valence-electron chi connectivity index (χ4n) is 3.51. The van der Waals surface area contributed by atoms with E-state index < -0.39 is 6.10 Å². The maximum Gasteiger partial charge on any atom is 0.241 e. The van der Waals surface area contributed by atoms with Crippen LogP contribution in [0.4, 0.5) is 10.1 Å². The molecule has 1 aliphatic rings. The maximum atomic E-state index is 13.5. The van der Waals surface area contributed by atoms with Crippen molar-refractivity contribution in [3.05, 3.63) is 47.8 Å². The zero-order valence-electron chi connectivity index (χ0n) is 16.0. The van der Waals surface area contributed by atoms with Crippen molar-refractivity contribution in [3.63, 3.8) is 0 Å². The number of imidazole rings is 1. The van der Waals surface area contributed by atoms with E-state index in [1.165, 1.54) is 12.1 Å². The number of benzene rings is 2. The summed E-state index contributed by atoms with van der Waals surface area (Å²) in [5.74, 6) is 0.268. The smallest absolute Gasteiger partial charge is 0.241 e. The van der Waals surface area contributed by atoms with Gasteiger partial charge in [-0.05, 0) is 49.2 Å². The van der Waals surface area contributed by atoms with Gasteiger partial charge >= 0.3 is 0 Å². The Morgan fingerprint density at radius 1 is 1.28 bits per heavy atom. The van der Waals surface area contributed by atoms with Crippen LogP contribution in [0.2, 0.25) is 0 Å². The number of nitrogens with one attached hydrogen (secondary N) is 2. The number of aliphatic hydroxyl groups is 1. The summed E-state index contributed by atoms with van der Waals surface area (Å²) in [5, 5.41) is 15.5. The monoisotopic (exact) mass is 440 g/mol. The molecule has 0 bridgehead atoms. The summed E-state index contributed by atoms with van der Waals surface area (Å²) in [5.41, 5.74) is 3.97. The van der Waals surface area contributed by atoms with Gasteiger partial charge in [-0.1, -0.05) is 0 Å². The first kappa shape index (κ1) is 23.1. The average Bonchev–Trinajstić information content (AvgIpc) is 3.20. The number of carbonyl (C=O) groups excluding carboxylic acids is 1. The highest BCUT2D eigenvalue weighted by Crippen LogP contribution is 2.27. The summed E-state index contributed by atoms with van der Waals surface area (Å²) in [4.78, 5) is 16.9. The Morgan fingerprint density at radius 3 is 2.69 bits per heavy atom. The third-order valence-electron chi connectivity index (χ3n) is 5.01. The van der Waals surface area contributed by atoms with Crippen LogP contribution in [0, 0.1) is 12.7 Å². The number of amides is 1. The quantitative estimate of drug-likeness (QED) is 0.584. The lowest BCUT2D eigenvalue weighted by Gasteiger charge is -2.14. The van der Waals surface area contributed by atoms with Crippen molar-refractivity contribution in [1.29, 1.82) is 0 Å². The maximum absolute atomic E-state index is 13.5. The molecular weight excluding hydrogens is 418 g/mol. The Morgan fingerprint density at radius 2 is 2.03 bits per heavy atom. The van der Waals surface area contributed by atoms with Crippen LogP contribution in [0.1, 0.15) is 12.0 Å². The first-order valence-electron chi connectivity index (χ1n) is 8.87. The molecular formula is C20H23Cl2FN4O2. The molecule has 1 amide bonds. The number of nitrogens with zero attached hydrogens (tertiary/aromatic N) is 2. The minimum atomic E-state index is -0.480. The lowest BCUT2D eigenvalue weighted by molar-refractivity contribution is -0.117. The predicted octanol–water partition coefficient (Wildman–Crippen LogP) is 3.19. The number of aliphatic hydroxyl groups excluding tert-OH is 1. The van der Waals surface area contributed by atoms with E-state index in [1.807, 2.05) is 36.7 Å². The van der Waals surface area contributed by atoms with Gasteiger partial charge in [-0.15, -0.1) is 24.8 Å². The minimum absolute atomic E-state index is 0. The lowest BCUT2D eigenvalue weighted by Crippen LogP contribution is -2.35. The molecule has 2 atom stereocenters. The molecule has 6 nitrogen and oxygen atoms in total. The molecule has 2 aromatic carbocycles. The van der Waals surface area contributed by atoms with Gasteiger partial charge in [-0.2, -0.15) is 0 Å². The molecule has 156 valence electrons. The first-order valence-corrected chi connectivity index (χ1v) is 8.87. The van der Waals surface area contributed by atoms with Gasteiger partial charge in [-0.3, -0.25) is 4.79 Å². The molecule has 29 heavy (non-hydrogen) atoms. The van der Waals surface area contributed by atoms with Gasteiger partial charge < -0.3 is 20.3 Å². The average molecular weight is 441 g/mol. The molecule has 1 fully saturated rings. The Kier molecular flexibility index (Phi) is 7.24. The molecule has 2 heterocycles. The molecule has 1 aliphatic heterocycles. The Labute approximate surface area is 180 Å². The van der Waals surface area contributed by atoms with Crippen molar-refractivity contribution >= 4 is 47.4 Å². The molecule has 0 aliphatic carbocycles. The highest BCUT2D eigenvalue weighted by atomic mass is 35.5. The molecule has 9 heteroatoms. The number of carbonyl (C=O) groups is 1. The summed E-state index contributed by atoms with van der Waals surface area (Å²) in [6.45, 7) is 2.35. The van der Waals surface area contributed by atoms with E-state index in [0.29, 0.717) is 18.5 Å². The van der Waals surface area contributed by atoms with E-state index in [2.05, 4.69) is 15.6 Å². The van der Waals surface area contributed by atoms with Gasteiger partial charge in [0.25, 0.3) is 0 Å². The number of hydrogen-bond donors (Lipinski definition) is 3. The normalized spacial score (nSPS) is 18.2. The van der Waals surface area contributed by atoms with E-state index in [4.69, 9.17) is 0 Å². The van der Waals surface area contributed by atoms with Crippen molar-refractivity contribution in [3.8, 4) is 11.4 Å². The third-order valence-corrected chi connectivity index (χ3v) is 5.01. The Bertz CT molecular complexity index is 1040. The van der Waals surface area contributed by atoms with Crippen LogP contribution in [0.25, 0.3) is 22.4 Å². The van der Waals surface area contributed by atoms with Crippen LogP contribution in [0.3, 0.4) is 0 Å². The third kappa shape index (κ3) is 4.53. The number of aromatic nitrogens is 2. The summed E-state index contributed by atoms with van der Waals surface area (Å²) in [7, 11) is 1.89. The van der Waals surface area contributed by atoms with Crippen molar-refractivity contribution in [2.45, 2.75) is 25.5 Å². The van der Waals surface area contributed by atoms with Crippen LogP contribution >= 0.6 is 24.8 Å². The molecule has 2 unspecified atom stereocenters. The molecule has 3 aromatic rings. The number of anilines is 1. The van der Waals surface area contributed by atoms with Gasteiger partial charge in [0.05, 0.1) is 23.2 Å². The van der Waals surface area contributed by atoms with Gasteiger partial charge in [0.2, 0.25) is 5.91 Å². The van der Waals surface area contributed by atoms with E-state index >= 15 is 0 Å². The SMILES string of the molecule is Cc1cc(-c2nc3cc(F)ccc3n2C)ccc1NC(=O)C1CC(O)CN1.Cl.Cl. The van der Waals surface area contributed by atoms with Crippen molar-refractivity contribution in [2.75, 3.05) is 11.9 Å². The van der Waals surface area contributed by atoms with Crippen LogP contribution < -0.4 is 10.6 Å². The lowest BCUT2D eigenvalue weighted by atomic mass is 10.1. The largest absolute Gasteiger partial charge is 0.392 e. The molecule has 1 saturated heterocycles.